The predicted molar refractivity (Wildman–Crippen MR) is 51.2 cm³/mol. The number of alkyl halides is 1. The first kappa shape index (κ1) is 10.0. The number of halogens is 1. The molecule has 2 unspecified atom stereocenters. The van der Waals surface area contributed by atoms with E-state index in [0.717, 1.165) is 16.7 Å². The van der Waals surface area contributed by atoms with Crippen LogP contribution in [-0.2, 0) is 9.53 Å². The smallest absolute Gasteiger partial charge is 0.305 e. The summed E-state index contributed by atoms with van der Waals surface area (Å²) >= 11 is 3.58. The molecule has 70 valence electrons. The van der Waals surface area contributed by atoms with Crippen molar-refractivity contribution in [1.82, 2.24) is 0 Å². The quantitative estimate of drug-likeness (QED) is 0.515. The lowest BCUT2D eigenvalue weighted by atomic mass is 10.0. The maximum absolute atomic E-state index is 9.96. The Morgan fingerprint density at radius 3 is 2.00 bits per heavy atom. The van der Waals surface area contributed by atoms with Crippen molar-refractivity contribution in [3.63, 3.8) is 0 Å². The van der Waals surface area contributed by atoms with Crippen molar-refractivity contribution >= 4 is 21.9 Å². The Kier molecular flexibility index (Phi) is 3.56. The van der Waals surface area contributed by atoms with Gasteiger partial charge in [0.25, 0.3) is 0 Å². The van der Waals surface area contributed by atoms with Crippen molar-refractivity contribution in [3.05, 3.63) is 0 Å². The molecule has 2 fully saturated rings. The molecule has 0 bridgehead atoms. The van der Waals surface area contributed by atoms with Crippen molar-refractivity contribution in [2.45, 2.75) is 31.0 Å². The molecule has 2 aliphatic carbocycles. The molecule has 2 aliphatic rings. The Hall–Kier alpha value is -0.0500. The normalized spacial score (nSPS) is 35.1. The van der Waals surface area contributed by atoms with Crippen LogP contribution in [0.1, 0.15) is 26.2 Å². The van der Waals surface area contributed by atoms with Crippen molar-refractivity contribution in [2.24, 2.45) is 11.8 Å². The molecule has 0 spiro atoms. The number of rotatable bonds is 1. The summed E-state index contributed by atoms with van der Waals surface area (Å²) in [5.74, 6) is 2.07. The molecule has 0 radical (unpaired) electrons. The summed E-state index contributed by atoms with van der Waals surface area (Å²) in [6.07, 6.45) is 3.47. The van der Waals surface area contributed by atoms with Gasteiger partial charge < -0.3 is 4.74 Å². The SMILES string of the molecule is BrC1C2CCC12.CCC(=O)OC. The molecule has 0 saturated heterocycles. The van der Waals surface area contributed by atoms with Crippen LogP contribution in [0.2, 0.25) is 0 Å². The largest absolute Gasteiger partial charge is 0.469 e. The molecule has 3 heteroatoms. The Bertz CT molecular complexity index is 147. The van der Waals surface area contributed by atoms with Crippen LogP contribution in [0, 0.1) is 11.8 Å². The van der Waals surface area contributed by atoms with Gasteiger partial charge in [0.2, 0.25) is 0 Å². The van der Waals surface area contributed by atoms with Gasteiger partial charge in [0.15, 0.2) is 0 Å². The molecule has 2 saturated carbocycles. The lowest BCUT2D eigenvalue weighted by Crippen LogP contribution is -1.94. The first-order chi connectivity index (χ1) is 5.70. The van der Waals surface area contributed by atoms with Crippen molar-refractivity contribution in [2.75, 3.05) is 7.11 Å². The van der Waals surface area contributed by atoms with Gasteiger partial charge in [0, 0.05) is 11.2 Å². The highest BCUT2D eigenvalue weighted by molar-refractivity contribution is 9.09. The second kappa shape index (κ2) is 4.26. The lowest BCUT2D eigenvalue weighted by molar-refractivity contribution is -0.140. The minimum Gasteiger partial charge on any atom is -0.469 e. The monoisotopic (exact) mass is 234 g/mol. The van der Waals surface area contributed by atoms with Gasteiger partial charge in [-0.05, 0) is 24.7 Å². The van der Waals surface area contributed by atoms with Crippen LogP contribution >= 0.6 is 15.9 Å². The topological polar surface area (TPSA) is 26.3 Å². The van der Waals surface area contributed by atoms with Gasteiger partial charge >= 0.3 is 5.97 Å². The first-order valence-corrected chi connectivity index (χ1v) is 5.33. The molecule has 2 nitrogen and oxygen atoms in total. The molecule has 12 heavy (non-hydrogen) atoms. The van der Waals surface area contributed by atoms with Crippen LogP contribution < -0.4 is 0 Å². The molecule has 0 aromatic heterocycles. The van der Waals surface area contributed by atoms with E-state index in [0.29, 0.717) is 6.42 Å². The molecule has 2 rings (SSSR count). The molecule has 0 aromatic rings. The van der Waals surface area contributed by atoms with Gasteiger partial charge in [0.05, 0.1) is 7.11 Å². The fourth-order valence-corrected chi connectivity index (χ4v) is 2.55. The predicted octanol–water partition coefficient (Wildman–Crippen LogP) is 2.36. The fourth-order valence-electron chi connectivity index (χ4n) is 1.41. The van der Waals surface area contributed by atoms with E-state index in [4.69, 9.17) is 0 Å². The average Bonchev–Trinajstić information content (AvgIpc) is 2.47. The maximum atomic E-state index is 9.96. The molecule has 0 aliphatic heterocycles. The summed E-state index contributed by atoms with van der Waals surface area (Å²) in [7, 11) is 1.38. The molecule has 2 atom stereocenters. The summed E-state index contributed by atoms with van der Waals surface area (Å²) in [6, 6.07) is 0. The lowest BCUT2D eigenvalue weighted by Gasteiger charge is -2.04. The third-order valence-corrected chi connectivity index (χ3v) is 3.93. The molecular formula is C9H15BrO2. The Morgan fingerprint density at radius 1 is 1.50 bits per heavy atom. The number of carbonyl (C=O) groups excluding carboxylic acids is 1. The molecule has 0 N–H and O–H groups in total. The van der Waals surface area contributed by atoms with E-state index in [9.17, 15) is 4.79 Å². The summed E-state index contributed by atoms with van der Waals surface area (Å²) in [4.78, 5) is 10.9. The highest BCUT2D eigenvalue weighted by Crippen LogP contribution is 2.59. The zero-order valence-corrected chi connectivity index (χ0v) is 9.13. The Morgan fingerprint density at radius 2 is 2.00 bits per heavy atom. The van der Waals surface area contributed by atoms with Crippen LogP contribution in [-0.4, -0.2) is 17.9 Å². The number of hydrogen-bond acceptors (Lipinski definition) is 2. The van der Waals surface area contributed by atoms with Gasteiger partial charge in [-0.3, -0.25) is 4.79 Å². The van der Waals surface area contributed by atoms with E-state index in [-0.39, 0.29) is 5.97 Å². The minimum absolute atomic E-state index is 0.157. The summed E-state index contributed by atoms with van der Waals surface area (Å²) in [5, 5.41) is 0. The third kappa shape index (κ3) is 2.22. The van der Waals surface area contributed by atoms with Gasteiger partial charge in [-0.25, -0.2) is 0 Å². The van der Waals surface area contributed by atoms with Crippen LogP contribution in [0.4, 0.5) is 0 Å². The van der Waals surface area contributed by atoms with E-state index in [1.807, 2.05) is 0 Å². The van der Waals surface area contributed by atoms with Crippen molar-refractivity contribution in [3.8, 4) is 0 Å². The van der Waals surface area contributed by atoms with E-state index in [2.05, 4.69) is 20.7 Å². The third-order valence-electron chi connectivity index (χ3n) is 2.58. The molecule has 0 amide bonds. The van der Waals surface area contributed by atoms with Gasteiger partial charge in [-0.1, -0.05) is 22.9 Å². The number of methoxy groups -OCH3 is 1. The van der Waals surface area contributed by atoms with Crippen LogP contribution in [0.15, 0.2) is 0 Å². The number of ether oxygens (including phenoxy) is 1. The van der Waals surface area contributed by atoms with Crippen molar-refractivity contribution in [1.29, 1.82) is 0 Å². The second-order valence-electron chi connectivity index (χ2n) is 3.28. The number of esters is 1. The standard InChI is InChI=1S/C5H7Br.C4H8O2/c6-5-3-1-2-4(3)5;1-3-4(5)6-2/h3-5H,1-2H2;3H2,1-2H3. The maximum Gasteiger partial charge on any atom is 0.305 e. The highest BCUT2D eigenvalue weighted by atomic mass is 79.9. The van der Waals surface area contributed by atoms with Gasteiger partial charge in [-0.2, -0.15) is 0 Å². The van der Waals surface area contributed by atoms with E-state index < -0.39 is 0 Å². The van der Waals surface area contributed by atoms with Crippen molar-refractivity contribution < 1.29 is 9.53 Å². The van der Waals surface area contributed by atoms with Crippen LogP contribution in [0.3, 0.4) is 0 Å². The zero-order chi connectivity index (χ0) is 9.14. The van der Waals surface area contributed by atoms with E-state index in [1.165, 1.54) is 20.0 Å². The van der Waals surface area contributed by atoms with Crippen LogP contribution in [0.5, 0.6) is 0 Å². The molecule has 0 aromatic carbocycles. The van der Waals surface area contributed by atoms with E-state index in [1.54, 1.807) is 6.92 Å². The Labute approximate surface area is 81.8 Å². The Balaban J connectivity index is 0.000000120. The van der Waals surface area contributed by atoms with Gasteiger partial charge in [0.1, 0.15) is 0 Å². The first-order valence-electron chi connectivity index (χ1n) is 4.41. The number of fused-ring (bicyclic) bond motifs is 1. The summed E-state index contributed by atoms with van der Waals surface area (Å²) in [6.45, 7) is 1.76. The number of hydrogen-bond donors (Lipinski definition) is 0. The summed E-state index contributed by atoms with van der Waals surface area (Å²) < 4.78 is 4.26. The summed E-state index contributed by atoms with van der Waals surface area (Å²) in [5.41, 5.74) is 0. The van der Waals surface area contributed by atoms with E-state index >= 15 is 0 Å². The molecule has 0 heterocycles. The van der Waals surface area contributed by atoms with Crippen LogP contribution in [0.25, 0.3) is 0 Å². The fraction of sp³-hybridized carbons (Fsp3) is 0.889. The highest BCUT2D eigenvalue weighted by Gasteiger charge is 2.54. The average molecular weight is 235 g/mol. The number of carbonyl (C=O) groups is 1. The van der Waals surface area contributed by atoms with Gasteiger partial charge in [-0.15, -0.1) is 0 Å². The molecular weight excluding hydrogens is 220 g/mol. The minimum atomic E-state index is -0.157. The second-order valence-corrected chi connectivity index (χ2v) is 4.34. The zero-order valence-electron chi connectivity index (χ0n) is 7.55.